The first kappa shape index (κ1) is 12.9. The highest BCUT2D eigenvalue weighted by Crippen LogP contribution is 2.45. The first-order chi connectivity index (χ1) is 8.61. The van der Waals surface area contributed by atoms with Gasteiger partial charge in [-0.1, -0.05) is 38.5 Å². The number of aromatic nitrogens is 2. The smallest absolute Gasteiger partial charge is 0.229 e. The molecule has 2 saturated heterocycles. The third-order valence-electron chi connectivity index (χ3n) is 5.06. The van der Waals surface area contributed by atoms with E-state index in [4.69, 9.17) is 23.2 Å². The number of fused-ring (bicyclic) bond motifs is 2. The van der Waals surface area contributed by atoms with Gasteiger partial charge in [-0.05, 0) is 34.8 Å². The van der Waals surface area contributed by atoms with Crippen molar-refractivity contribution in [2.45, 2.75) is 50.2 Å². The molecule has 2 aliphatic rings. The number of imidazole rings is 1. The average molecular weight is 286 g/mol. The van der Waals surface area contributed by atoms with Crippen molar-refractivity contribution >= 4 is 35.6 Å². The van der Waals surface area contributed by atoms with Crippen molar-refractivity contribution in [1.82, 2.24) is 4.57 Å². The number of nitrogens with zero attached hydrogens (tertiary/aromatic N) is 2. The highest BCUT2D eigenvalue weighted by atomic mass is 35.5. The largest absolute Gasteiger partial charge is 0.290 e. The van der Waals surface area contributed by atoms with E-state index in [0.29, 0.717) is 17.0 Å². The summed E-state index contributed by atoms with van der Waals surface area (Å²) in [5.41, 5.74) is 1.33. The minimum absolute atomic E-state index is 0.660. The van der Waals surface area contributed by atoms with Crippen molar-refractivity contribution in [1.29, 1.82) is 0 Å². The number of hydrogen-bond donors (Lipinski definition) is 0. The van der Waals surface area contributed by atoms with Gasteiger partial charge in [-0.3, -0.25) is 0 Å². The summed E-state index contributed by atoms with van der Waals surface area (Å²) in [4.78, 5) is 0. The van der Waals surface area contributed by atoms with Gasteiger partial charge in [0.25, 0.3) is 17.0 Å². The quantitative estimate of drug-likeness (QED) is 0.554. The number of hydrogen-bond acceptors (Lipinski definition) is 0. The summed E-state index contributed by atoms with van der Waals surface area (Å²) in [6.45, 7) is 0.660. The molecular weight excluding hydrogens is 266 g/mol. The van der Waals surface area contributed by atoms with Gasteiger partial charge in [0.05, 0.1) is 14.1 Å². The fraction of sp³-hybridized carbons (Fsp3) is 0.769. The SMILES string of the molecule is Cn1c(Cl)c(Cl)[n+](C)c1B1C2CCCC1CCC2. The Morgan fingerprint density at radius 2 is 1.61 bits per heavy atom. The van der Waals surface area contributed by atoms with Crippen molar-refractivity contribution in [2.24, 2.45) is 14.1 Å². The maximum absolute atomic E-state index is 6.29. The van der Waals surface area contributed by atoms with Crippen molar-refractivity contribution in [3.8, 4) is 0 Å². The van der Waals surface area contributed by atoms with Gasteiger partial charge < -0.3 is 0 Å². The van der Waals surface area contributed by atoms with Crippen molar-refractivity contribution in [2.75, 3.05) is 0 Å². The predicted molar refractivity (Wildman–Crippen MR) is 77.2 cm³/mol. The molecule has 98 valence electrons. The van der Waals surface area contributed by atoms with Crippen LogP contribution in [-0.4, -0.2) is 11.3 Å². The second-order valence-corrected chi connectivity index (χ2v) is 6.68. The Labute approximate surface area is 119 Å². The van der Waals surface area contributed by atoms with Gasteiger partial charge >= 0.3 is 0 Å². The molecule has 0 unspecified atom stereocenters. The Bertz CT molecular complexity index is 425. The maximum Gasteiger partial charge on any atom is 0.290 e. The standard InChI is InChI=1S/C13H20BCl2N2/c1-17-11(15)12(16)18(2)13(17)14-9-5-3-6-10(14)8-4-7-9/h9-10H,3-8H2,1-2H3/q+1. The molecule has 1 aromatic rings. The fourth-order valence-electron chi connectivity index (χ4n) is 4.25. The molecule has 18 heavy (non-hydrogen) atoms. The molecule has 5 heteroatoms. The van der Waals surface area contributed by atoms with Crippen LogP contribution in [0.2, 0.25) is 21.9 Å². The molecule has 1 aromatic heterocycles. The normalized spacial score (nSPS) is 27.7. The van der Waals surface area contributed by atoms with Gasteiger partial charge in [0.2, 0.25) is 5.72 Å². The van der Waals surface area contributed by atoms with E-state index in [9.17, 15) is 0 Å². The molecule has 2 aliphatic heterocycles. The molecule has 0 atom stereocenters. The van der Waals surface area contributed by atoms with E-state index in [-0.39, 0.29) is 0 Å². The summed E-state index contributed by atoms with van der Waals surface area (Å²) in [7, 11) is 4.10. The van der Waals surface area contributed by atoms with E-state index in [1.54, 1.807) is 0 Å². The lowest BCUT2D eigenvalue weighted by Crippen LogP contribution is -2.60. The Kier molecular flexibility index (Phi) is 3.40. The summed E-state index contributed by atoms with van der Waals surface area (Å²) in [5, 5.41) is 1.36. The third kappa shape index (κ3) is 1.82. The Morgan fingerprint density at radius 1 is 1.11 bits per heavy atom. The van der Waals surface area contributed by atoms with Crippen molar-refractivity contribution in [3.63, 3.8) is 0 Å². The molecule has 3 heterocycles. The lowest BCUT2D eigenvalue weighted by Gasteiger charge is -2.38. The minimum atomic E-state index is 0.660. The van der Waals surface area contributed by atoms with Crippen LogP contribution in [0.3, 0.4) is 0 Å². The Hall–Kier alpha value is -0.145. The molecule has 0 saturated carbocycles. The molecule has 0 radical (unpaired) electrons. The minimum Gasteiger partial charge on any atom is -0.229 e. The summed E-state index contributed by atoms with van der Waals surface area (Å²) in [6, 6.07) is 0. The predicted octanol–water partition coefficient (Wildman–Crippen LogP) is 2.97. The third-order valence-corrected chi connectivity index (χ3v) is 6.02. The molecule has 2 bridgehead atoms. The van der Waals surface area contributed by atoms with Gasteiger partial charge in [-0.2, -0.15) is 0 Å². The Balaban J connectivity index is 2.06. The first-order valence-electron chi connectivity index (χ1n) is 7.01. The summed E-state index contributed by atoms with van der Waals surface area (Å²) >= 11 is 12.6. The topological polar surface area (TPSA) is 8.81 Å². The summed E-state index contributed by atoms with van der Waals surface area (Å²) in [5.74, 6) is 1.67. The molecule has 0 aromatic carbocycles. The van der Waals surface area contributed by atoms with Crippen molar-refractivity contribution < 1.29 is 4.57 Å². The zero-order valence-corrected chi connectivity index (χ0v) is 12.6. The van der Waals surface area contributed by atoms with Gasteiger partial charge in [0.1, 0.15) is 0 Å². The van der Waals surface area contributed by atoms with Gasteiger partial charge in [0.15, 0.2) is 0 Å². The molecule has 2 fully saturated rings. The van der Waals surface area contributed by atoms with E-state index < -0.39 is 0 Å². The summed E-state index contributed by atoms with van der Waals surface area (Å²) < 4.78 is 4.20. The van der Waals surface area contributed by atoms with Gasteiger partial charge in [0, 0.05) is 0 Å². The van der Waals surface area contributed by atoms with Gasteiger partial charge in [-0.15, -0.1) is 0 Å². The molecule has 2 nitrogen and oxygen atoms in total. The van der Waals surface area contributed by atoms with E-state index in [2.05, 4.69) is 9.13 Å². The maximum atomic E-state index is 6.29. The van der Waals surface area contributed by atoms with E-state index in [1.165, 1.54) is 44.2 Å². The molecule has 0 N–H and O–H groups in total. The second kappa shape index (κ2) is 4.75. The number of rotatable bonds is 1. The van der Waals surface area contributed by atoms with Crippen LogP contribution in [0.4, 0.5) is 0 Å². The number of halogens is 2. The van der Waals surface area contributed by atoms with Crippen molar-refractivity contribution in [3.05, 3.63) is 10.3 Å². The summed E-state index contributed by atoms with van der Waals surface area (Å²) in [6.07, 6.45) is 8.31. The zero-order valence-electron chi connectivity index (χ0n) is 11.1. The van der Waals surface area contributed by atoms with E-state index >= 15 is 0 Å². The molecule has 0 aliphatic carbocycles. The fourth-order valence-corrected chi connectivity index (χ4v) is 4.67. The van der Waals surface area contributed by atoms with Crippen LogP contribution in [0, 0.1) is 0 Å². The van der Waals surface area contributed by atoms with Crippen LogP contribution < -0.4 is 10.3 Å². The van der Waals surface area contributed by atoms with Crippen LogP contribution >= 0.6 is 23.2 Å². The Morgan fingerprint density at radius 3 is 2.00 bits per heavy atom. The van der Waals surface area contributed by atoms with E-state index in [1.807, 2.05) is 14.1 Å². The lowest BCUT2D eigenvalue weighted by atomic mass is 9.26. The highest BCUT2D eigenvalue weighted by molar-refractivity contribution is 6.74. The van der Waals surface area contributed by atoms with Crippen LogP contribution in [0.1, 0.15) is 38.5 Å². The zero-order chi connectivity index (χ0) is 12.9. The van der Waals surface area contributed by atoms with Crippen LogP contribution in [0.5, 0.6) is 0 Å². The molecular formula is C13H20BCl2N2+. The van der Waals surface area contributed by atoms with E-state index in [0.717, 1.165) is 11.6 Å². The monoisotopic (exact) mass is 285 g/mol. The molecule has 0 amide bonds. The van der Waals surface area contributed by atoms with Gasteiger partial charge in [-0.25, -0.2) is 9.13 Å². The van der Waals surface area contributed by atoms with Crippen LogP contribution in [-0.2, 0) is 14.1 Å². The van der Waals surface area contributed by atoms with Crippen LogP contribution in [0.15, 0.2) is 0 Å². The van der Waals surface area contributed by atoms with Crippen LogP contribution in [0.25, 0.3) is 0 Å². The molecule has 3 rings (SSSR count). The first-order valence-corrected chi connectivity index (χ1v) is 7.76. The lowest BCUT2D eigenvalue weighted by molar-refractivity contribution is -0.651. The highest BCUT2D eigenvalue weighted by Gasteiger charge is 2.47. The second-order valence-electron chi connectivity index (χ2n) is 5.97. The average Bonchev–Trinajstić information content (AvgIpc) is 2.53. The molecule has 0 spiro atoms.